The summed E-state index contributed by atoms with van der Waals surface area (Å²) in [5.74, 6) is -0.593. The van der Waals surface area contributed by atoms with Crippen LogP contribution in [0, 0.1) is 0 Å². The van der Waals surface area contributed by atoms with Crippen molar-refractivity contribution in [2.75, 3.05) is 53.4 Å². The first-order chi connectivity index (χ1) is 8.70. The van der Waals surface area contributed by atoms with Crippen LogP contribution in [0.25, 0.3) is 0 Å². The Balaban J connectivity index is 2.34. The van der Waals surface area contributed by atoms with E-state index in [1.54, 1.807) is 0 Å². The van der Waals surface area contributed by atoms with E-state index in [-0.39, 0.29) is 6.54 Å². The molecule has 1 aliphatic heterocycles. The minimum Gasteiger partial charge on any atom is -0.390 e. The number of aliphatic hydroxyl groups is 1. The van der Waals surface area contributed by atoms with E-state index < -0.39 is 17.7 Å². The molecule has 19 heavy (non-hydrogen) atoms. The summed E-state index contributed by atoms with van der Waals surface area (Å²) in [6, 6.07) is 0. The number of likely N-dealkylation sites (N-methyl/N-ethyl adjacent to an activating group) is 2. The van der Waals surface area contributed by atoms with Gasteiger partial charge in [-0.2, -0.15) is 0 Å². The average Bonchev–Trinajstić information content (AvgIpc) is 2.29. The molecule has 1 rings (SSSR count). The first kappa shape index (κ1) is 16.3. The van der Waals surface area contributed by atoms with E-state index in [0.717, 1.165) is 26.2 Å². The Labute approximate surface area is 115 Å². The molecule has 6 heteroatoms. The van der Waals surface area contributed by atoms with Crippen molar-refractivity contribution in [2.24, 2.45) is 0 Å². The summed E-state index contributed by atoms with van der Waals surface area (Å²) in [4.78, 5) is 17.3. The van der Waals surface area contributed by atoms with Gasteiger partial charge in [0.15, 0.2) is 5.67 Å². The number of rotatable bonds is 5. The highest BCUT2D eigenvalue weighted by molar-refractivity contribution is 5.83. The molecule has 0 bridgehead atoms. The summed E-state index contributed by atoms with van der Waals surface area (Å²) in [5.41, 5.74) is -1.89. The molecule has 0 saturated carbocycles. The Hall–Kier alpha value is -0.720. The molecule has 0 spiro atoms. The molecule has 0 aromatic heterocycles. The van der Waals surface area contributed by atoms with Crippen molar-refractivity contribution < 1.29 is 14.3 Å². The Kier molecular flexibility index (Phi) is 5.70. The zero-order valence-electron chi connectivity index (χ0n) is 12.4. The average molecular weight is 275 g/mol. The minimum absolute atomic E-state index is 0.165. The molecule has 0 radical (unpaired) electrons. The molecule has 112 valence electrons. The number of piperazine rings is 1. The van der Waals surface area contributed by atoms with Gasteiger partial charge in [-0.1, -0.05) is 0 Å². The zero-order chi connectivity index (χ0) is 14.6. The fourth-order valence-electron chi connectivity index (χ4n) is 2.24. The van der Waals surface area contributed by atoms with Crippen molar-refractivity contribution in [1.82, 2.24) is 14.7 Å². The highest BCUT2D eigenvalue weighted by Crippen LogP contribution is 2.12. The van der Waals surface area contributed by atoms with E-state index in [2.05, 4.69) is 16.8 Å². The van der Waals surface area contributed by atoms with Crippen LogP contribution in [0.4, 0.5) is 4.39 Å². The van der Waals surface area contributed by atoms with Crippen molar-refractivity contribution in [2.45, 2.75) is 25.6 Å². The maximum absolute atomic E-state index is 13.5. The van der Waals surface area contributed by atoms with Crippen LogP contribution in [0.2, 0.25) is 0 Å². The molecule has 1 saturated heterocycles. The number of carbonyl (C=O) groups excluding carboxylic acids is 1. The number of carbonyl (C=O) groups is 1. The molecule has 1 unspecified atom stereocenters. The highest BCUT2D eigenvalue weighted by atomic mass is 19.1. The number of hydrogen-bond donors (Lipinski definition) is 1. The van der Waals surface area contributed by atoms with E-state index in [9.17, 15) is 14.3 Å². The quantitative estimate of drug-likeness (QED) is 0.755. The topological polar surface area (TPSA) is 47.0 Å². The van der Waals surface area contributed by atoms with Gasteiger partial charge in [0, 0.05) is 46.3 Å². The molecular weight excluding hydrogens is 249 g/mol. The number of nitrogens with zero attached hydrogens (tertiary/aromatic N) is 3. The molecule has 0 aromatic carbocycles. The maximum Gasteiger partial charge on any atom is 0.259 e. The first-order valence-corrected chi connectivity index (χ1v) is 6.73. The van der Waals surface area contributed by atoms with Crippen LogP contribution >= 0.6 is 0 Å². The predicted octanol–water partition coefficient (Wildman–Crippen LogP) is -0.199. The van der Waals surface area contributed by atoms with Crippen LogP contribution < -0.4 is 0 Å². The minimum atomic E-state index is -1.89. The Morgan fingerprint density at radius 3 is 2.37 bits per heavy atom. The van der Waals surface area contributed by atoms with E-state index in [1.807, 2.05) is 0 Å². The summed E-state index contributed by atoms with van der Waals surface area (Å²) in [5, 5.41) is 9.98. The van der Waals surface area contributed by atoms with E-state index in [4.69, 9.17) is 0 Å². The van der Waals surface area contributed by atoms with Gasteiger partial charge >= 0.3 is 0 Å². The van der Waals surface area contributed by atoms with Crippen LogP contribution in [0.3, 0.4) is 0 Å². The Bertz CT molecular complexity index is 299. The summed E-state index contributed by atoms with van der Waals surface area (Å²) < 4.78 is 13.5. The van der Waals surface area contributed by atoms with Gasteiger partial charge in [0.1, 0.15) is 0 Å². The van der Waals surface area contributed by atoms with Crippen LogP contribution in [-0.2, 0) is 4.79 Å². The number of hydrogen-bond acceptors (Lipinski definition) is 4. The van der Waals surface area contributed by atoms with Crippen molar-refractivity contribution in [3.8, 4) is 0 Å². The SMILES string of the molecule is CN1CCN(CC(O)CN(C)C(=O)C(C)(C)F)CC1. The van der Waals surface area contributed by atoms with Crippen LogP contribution in [0.15, 0.2) is 0 Å². The lowest BCUT2D eigenvalue weighted by atomic mass is 10.1. The van der Waals surface area contributed by atoms with Crippen molar-refractivity contribution in [3.05, 3.63) is 0 Å². The Morgan fingerprint density at radius 2 is 1.89 bits per heavy atom. The van der Waals surface area contributed by atoms with Crippen LogP contribution in [-0.4, -0.2) is 90.9 Å². The molecular formula is C13H26FN3O2. The van der Waals surface area contributed by atoms with E-state index >= 15 is 0 Å². The van der Waals surface area contributed by atoms with Gasteiger partial charge in [-0.05, 0) is 20.9 Å². The monoisotopic (exact) mass is 275 g/mol. The number of alkyl halides is 1. The van der Waals surface area contributed by atoms with Gasteiger partial charge in [-0.15, -0.1) is 0 Å². The van der Waals surface area contributed by atoms with Gasteiger partial charge < -0.3 is 14.9 Å². The summed E-state index contributed by atoms with van der Waals surface area (Å²) in [7, 11) is 3.60. The second-order valence-corrected chi connectivity index (χ2v) is 5.92. The van der Waals surface area contributed by atoms with Crippen molar-refractivity contribution >= 4 is 5.91 Å². The second-order valence-electron chi connectivity index (χ2n) is 5.92. The summed E-state index contributed by atoms with van der Waals surface area (Å²) in [6.45, 7) is 6.96. The standard InChI is InChI=1S/C13H26FN3O2/c1-13(2,14)12(19)16(4)9-11(18)10-17-7-5-15(3)6-8-17/h11,18H,5-10H2,1-4H3. The zero-order valence-corrected chi connectivity index (χ0v) is 12.4. The molecule has 1 heterocycles. The third-order valence-corrected chi connectivity index (χ3v) is 3.40. The maximum atomic E-state index is 13.5. The summed E-state index contributed by atoms with van der Waals surface area (Å²) in [6.07, 6.45) is -0.639. The van der Waals surface area contributed by atoms with Crippen LogP contribution in [0.1, 0.15) is 13.8 Å². The van der Waals surface area contributed by atoms with Gasteiger partial charge in [-0.25, -0.2) is 4.39 Å². The van der Waals surface area contributed by atoms with Gasteiger partial charge in [-0.3, -0.25) is 9.69 Å². The molecule has 0 aromatic rings. The number of β-amino-alcohol motifs (C(OH)–C–C–N with tert-alkyl or cyclic N) is 1. The lowest BCUT2D eigenvalue weighted by molar-refractivity contribution is -0.141. The normalized spacial score (nSPS) is 20.3. The molecule has 0 aliphatic carbocycles. The molecule has 1 atom stereocenters. The smallest absolute Gasteiger partial charge is 0.259 e. The van der Waals surface area contributed by atoms with Crippen molar-refractivity contribution in [1.29, 1.82) is 0 Å². The molecule has 1 fully saturated rings. The van der Waals surface area contributed by atoms with Crippen molar-refractivity contribution in [3.63, 3.8) is 0 Å². The van der Waals surface area contributed by atoms with Gasteiger partial charge in [0.25, 0.3) is 5.91 Å². The Morgan fingerprint density at radius 1 is 1.37 bits per heavy atom. The number of aliphatic hydroxyl groups excluding tert-OH is 1. The van der Waals surface area contributed by atoms with Gasteiger partial charge in [0.2, 0.25) is 0 Å². The van der Waals surface area contributed by atoms with Crippen LogP contribution in [0.5, 0.6) is 0 Å². The number of halogens is 1. The summed E-state index contributed by atoms with van der Waals surface area (Å²) >= 11 is 0. The third-order valence-electron chi connectivity index (χ3n) is 3.40. The van der Waals surface area contributed by atoms with E-state index in [0.29, 0.717) is 6.54 Å². The first-order valence-electron chi connectivity index (χ1n) is 6.73. The second kappa shape index (κ2) is 6.63. The third kappa shape index (κ3) is 5.42. The fourth-order valence-corrected chi connectivity index (χ4v) is 2.24. The molecule has 1 N–H and O–H groups in total. The lowest BCUT2D eigenvalue weighted by Crippen LogP contribution is -2.50. The van der Waals surface area contributed by atoms with Gasteiger partial charge in [0.05, 0.1) is 6.10 Å². The van der Waals surface area contributed by atoms with E-state index in [1.165, 1.54) is 25.8 Å². The predicted molar refractivity (Wildman–Crippen MR) is 72.8 cm³/mol. The molecule has 1 aliphatic rings. The highest BCUT2D eigenvalue weighted by Gasteiger charge is 2.30. The molecule has 5 nitrogen and oxygen atoms in total. The fraction of sp³-hybridized carbons (Fsp3) is 0.923. The lowest BCUT2D eigenvalue weighted by Gasteiger charge is -2.34. The number of amides is 1. The largest absolute Gasteiger partial charge is 0.390 e. The molecule has 1 amide bonds.